The number of ether oxygens (including phenoxy) is 2. The van der Waals surface area contributed by atoms with E-state index in [1.165, 1.54) is 18.2 Å². The van der Waals surface area contributed by atoms with Gasteiger partial charge in [-0.1, -0.05) is 17.7 Å². The molecule has 1 saturated heterocycles. The SMILES string of the molecule is COC(=O)C1(C(=O)OC)CCN(S(=O)(=O)c2cccc(Cl)c2)C1. The third kappa shape index (κ3) is 3.06. The fourth-order valence-corrected chi connectivity index (χ4v) is 4.37. The van der Waals surface area contributed by atoms with E-state index < -0.39 is 27.4 Å². The molecule has 1 aromatic carbocycles. The van der Waals surface area contributed by atoms with E-state index >= 15 is 0 Å². The number of methoxy groups -OCH3 is 2. The van der Waals surface area contributed by atoms with Crippen molar-refractivity contribution >= 4 is 33.6 Å². The number of hydrogen-bond acceptors (Lipinski definition) is 6. The fourth-order valence-electron chi connectivity index (χ4n) is 2.56. The number of rotatable bonds is 4. The van der Waals surface area contributed by atoms with Crippen LogP contribution >= 0.6 is 11.6 Å². The Hall–Kier alpha value is -1.64. The van der Waals surface area contributed by atoms with E-state index in [1.54, 1.807) is 6.07 Å². The molecule has 9 heteroatoms. The molecular weight excluding hydrogens is 346 g/mol. The highest BCUT2D eigenvalue weighted by Crippen LogP contribution is 2.36. The molecule has 23 heavy (non-hydrogen) atoms. The zero-order valence-corrected chi connectivity index (χ0v) is 14.2. The topological polar surface area (TPSA) is 90.0 Å². The van der Waals surface area contributed by atoms with Crippen molar-refractivity contribution in [3.63, 3.8) is 0 Å². The second kappa shape index (κ2) is 6.46. The molecular formula is C14H16ClNO6S. The van der Waals surface area contributed by atoms with Crippen molar-refractivity contribution in [2.75, 3.05) is 27.3 Å². The minimum Gasteiger partial charge on any atom is -0.468 e. The molecule has 1 heterocycles. The van der Waals surface area contributed by atoms with Crippen LogP contribution in [0.2, 0.25) is 5.02 Å². The second-order valence-corrected chi connectivity index (χ2v) is 7.49. The predicted molar refractivity (Wildman–Crippen MR) is 81.3 cm³/mol. The van der Waals surface area contributed by atoms with Crippen molar-refractivity contribution in [2.24, 2.45) is 5.41 Å². The summed E-state index contributed by atoms with van der Waals surface area (Å²) in [4.78, 5) is 24.1. The van der Waals surface area contributed by atoms with Gasteiger partial charge in [-0.15, -0.1) is 0 Å². The first kappa shape index (κ1) is 17.7. The van der Waals surface area contributed by atoms with E-state index in [9.17, 15) is 18.0 Å². The summed E-state index contributed by atoms with van der Waals surface area (Å²) >= 11 is 5.83. The Morgan fingerprint density at radius 1 is 1.22 bits per heavy atom. The molecule has 0 saturated carbocycles. The molecule has 0 radical (unpaired) electrons. The molecule has 0 spiro atoms. The Morgan fingerprint density at radius 2 is 1.83 bits per heavy atom. The van der Waals surface area contributed by atoms with Crippen LogP contribution in [-0.2, 0) is 29.1 Å². The van der Waals surface area contributed by atoms with Crippen molar-refractivity contribution in [1.82, 2.24) is 4.31 Å². The maximum Gasteiger partial charge on any atom is 0.324 e. The number of carbonyl (C=O) groups is 2. The summed E-state index contributed by atoms with van der Waals surface area (Å²) in [5, 5.41) is 0.275. The van der Waals surface area contributed by atoms with Crippen LogP contribution in [0.5, 0.6) is 0 Å². The Bertz CT molecular complexity index is 717. The fraction of sp³-hybridized carbons (Fsp3) is 0.429. The third-order valence-corrected chi connectivity index (χ3v) is 5.90. The minimum atomic E-state index is -3.88. The maximum absolute atomic E-state index is 12.7. The molecule has 2 rings (SSSR count). The monoisotopic (exact) mass is 361 g/mol. The van der Waals surface area contributed by atoms with Gasteiger partial charge in [-0.3, -0.25) is 9.59 Å². The molecule has 7 nitrogen and oxygen atoms in total. The summed E-state index contributed by atoms with van der Waals surface area (Å²) in [7, 11) is -1.60. The average Bonchev–Trinajstić information content (AvgIpc) is 3.00. The molecule has 0 aromatic heterocycles. The van der Waals surface area contributed by atoms with Crippen LogP contribution in [0.15, 0.2) is 29.2 Å². The lowest BCUT2D eigenvalue weighted by molar-refractivity contribution is -0.167. The quantitative estimate of drug-likeness (QED) is 0.588. The zero-order valence-electron chi connectivity index (χ0n) is 12.6. The molecule has 0 aliphatic carbocycles. The Kier molecular flexibility index (Phi) is 4.98. The lowest BCUT2D eigenvalue weighted by Gasteiger charge is -2.23. The normalized spacial score (nSPS) is 17.7. The average molecular weight is 362 g/mol. The molecule has 0 amide bonds. The molecule has 1 fully saturated rings. The molecule has 1 aliphatic heterocycles. The smallest absolute Gasteiger partial charge is 0.324 e. The van der Waals surface area contributed by atoms with Crippen LogP contribution in [0.3, 0.4) is 0 Å². The van der Waals surface area contributed by atoms with Crippen molar-refractivity contribution in [3.05, 3.63) is 29.3 Å². The van der Waals surface area contributed by atoms with Crippen LogP contribution < -0.4 is 0 Å². The molecule has 0 bridgehead atoms. The third-order valence-electron chi connectivity index (χ3n) is 3.82. The first-order valence-electron chi connectivity index (χ1n) is 6.70. The van der Waals surface area contributed by atoms with Gasteiger partial charge in [-0.25, -0.2) is 8.42 Å². The highest BCUT2D eigenvalue weighted by molar-refractivity contribution is 7.89. The Balaban J connectivity index is 2.37. The van der Waals surface area contributed by atoms with Gasteiger partial charge in [0.2, 0.25) is 10.0 Å². The number of carbonyl (C=O) groups excluding carboxylic acids is 2. The minimum absolute atomic E-state index is 0.000946. The summed E-state index contributed by atoms with van der Waals surface area (Å²) in [6.45, 7) is -0.333. The van der Waals surface area contributed by atoms with E-state index in [0.717, 1.165) is 18.5 Å². The lowest BCUT2D eigenvalue weighted by atomic mass is 9.87. The van der Waals surface area contributed by atoms with Crippen LogP contribution in [0.25, 0.3) is 0 Å². The first-order chi connectivity index (χ1) is 10.8. The molecule has 0 unspecified atom stereocenters. The number of esters is 2. The van der Waals surface area contributed by atoms with E-state index in [-0.39, 0.29) is 29.4 Å². The largest absolute Gasteiger partial charge is 0.468 e. The first-order valence-corrected chi connectivity index (χ1v) is 8.52. The number of sulfonamides is 1. The van der Waals surface area contributed by atoms with Gasteiger partial charge in [0.25, 0.3) is 0 Å². The molecule has 0 N–H and O–H groups in total. The van der Waals surface area contributed by atoms with Crippen LogP contribution in [0, 0.1) is 5.41 Å². The Labute approximate surface area is 139 Å². The Morgan fingerprint density at radius 3 is 2.35 bits per heavy atom. The lowest BCUT2D eigenvalue weighted by Crippen LogP contribution is -2.44. The van der Waals surface area contributed by atoms with Crippen molar-refractivity contribution in [2.45, 2.75) is 11.3 Å². The van der Waals surface area contributed by atoms with E-state index in [1.807, 2.05) is 0 Å². The van der Waals surface area contributed by atoms with Crippen LogP contribution in [0.4, 0.5) is 0 Å². The van der Waals surface area contributed by atoms with Crippen LogP contribution in [-0.4, -0.2) is 52.0 Å². The van der Waals surface area contributed by atoms with Gasteiger partial charge in [0.15, 0.2) is 5.41 Å². The standard InChI is InChI=1S/C14H16ClNO6S/c1-21-12(17)14(13(18)22-2)6-7-16(9-14)23(19,20)11-5-3-4-10(15)8-11/h3-5,8H,6-7,9H2,1-2H3. The number of hydrogen-bond donors (Lipinski definition) is 0. The number of benzene rings is 1. The van der Waals surface area contributed by atoms with Gasteiger partial charge in [0, 0.05) is 18.1 Å². The van der Waals surface area contributed by atoms with E-state index in [0.29, 0.717) is 0 Å². The summed E-state index contributed by atoms with van der Waals surface area (Å²) < 4.78 is 35.7. The molecule has 126 valence electrons. The molecule has 1 aliphatic rings. The number of nitrogens with zero attached hydrogens (tertiary/aromatic N) is 1. The summed E-state index contributed by atoms with van der Waals surface area (Å²) in [5.74, 6) is -1.62. The van der Waals surface area contributed by atoms with Crippen molar-refractivity contribution in [3.8, 4) is 0 Å². The maximum atomic E-state index is 12.7. The highest BCUT2D eigenvalue weighted by atomic mass is 35.5. The molecule has 0 atom stereocenters. The van der Waals surface area contributed by atoms with Crippen molar-refractivity contribution in [1.29, 1.82) is 0 Å². The van der Waals surface area contributed by atoms with Gasteiger partial charge in [0.1, 0.15) is 0 Å². The summed E-state index contributed by atoms with van der Waals surface area (Å²) in [6.07, 6.45) is -0.00780. The number of halogens is 1. The van der Waals surface area contributed by atoms with Gasteiger partial charge >= 0.3 is 11.9 Å². The van der Waals surface area contributed by atoms with Gasteiger partial charge in [-0.2, -0.15) is 4.31 Å². The van der Waals surface area contributed by atoms with Gasteiger partial charge in [0.05, 0.1) is 19.1 Å². The highest BCUT2D eigenvalue weighted by Gasteiger charge is 2.55. The second-order valence-electron chi connectivity index (χ2n) is 5.11. The summed E-state index contributed by atoms with van der Waals surface area (Å²) in [6, 6.07) is 5.78. The molecule has 1 aromatic rings. The van der Waals surface area contributed by atoms with Gasteiger partial charge in [-0.05, 0) is 24.6 Å². The van der Waals surface area contributed by atoms with Gasteiger partial charge < -0.3 is 9.47 Å². The summed E-state index contributed by atoms with van der Waals surface area (Å²) in [5.41, 5.74) is -1.64. The zero-order chi connectivity index (χ0) is 17.3. The van der Waals surface area contributed by atoms with Crippen LogP contribution in [0.1, 0.15) is 6.42 Å². The van der Waals surface area contributed by atoms with Crippen molar-refractivity contribution < 1.29 is 27.5 Å². The van der Waals surface area contributed by atoms with E-state index in [4.69, 9.17) is 11.6 Å². The predicted octanol–water partition coefficient (Wildman–Crippen LogP) is 1.07. The van der Waals surface area contributed by atoms with E-state index in [2.05, 4.69) is 9.47 Å².